The summed E-state index contributed by atoms with van der Waals surface area (Å²) in [5.41, 5.74) is 0.318. The van der Waals surface area contributed by atoms with E-state index in [9.17, 15) is 14.0 Å². The second-order valence-electron chi connectivity index (χ2n) is 6.27. The topological polar surface area (TPSA) is 99.2 Å². The number of hydrogen-bond donors (Lipinski definition) is 1. The third-order valence-electron chi connectivity index (χ3n) is 4.36. The summed E-state index contributed by atoms with van der Waals surface area (Å²) in [7, 11) is 1.54. The minimum atomic E-state index is -0.701. The highest BCUT2D eigenvalue weighted by Crippen LogP contribution is 2.24. The molecule has 2 aromatic heterocycles. The van der Waals surface area contributed by atoms with Crippen LogP contribution in [0.4, 0.5) is 4.39 Å². The van der Waals surface area contributed by atoms with E-state index < -0.39 is 11.9 Å². The lowest BCUT2D eigenvalue weighted by atomic mass is 10.1. The standard InChI is InChI=1S/C20H21FN4O4/c1-3-16(19(27)22-10-11-28-2)25-12-13(8-9-17(25)26)20-23-18(24-29-20)14-6-4-5-7-15(14)21/h4-9,12,16H,3,10-11H2,1-2H3,(H,22,27)/t16-/m1/s1. The highest BCUT2D eigenvalue weighted by Gasteiger charge is 2.21. The number of methoxy groups -OCH3 is 1. The number of nitrogens with one attached hydrogen (secondary N) is 1. The average Bonchev–Trinajstić information content (AvgIpc) is 3.20. The molecule has 0 saturated carbocycles. The van der Waals surface area contributed by atoms with Crippen LogP contribution >= 0.6 is 0 Å². The molecule has 0 unspecified atom stereocenters. The predicted molar refractivity (Wildman–Crippen MR) is 104 cm³/mol. The lowest BCUT2D eigenvalue weighted by molar-refractivity contribution is -0.124. The molecular weight excluding hydrogens is 379 g/mol. The predicted octanol–water partition coefficient (Wildman–Crippen LogP) is 2.42. The van der Waals surface area contributed by atoms with Gasteiger partial charge >= 0.3 is 0 Å². The molecule has 0 radical (unpaired) electrons. The van der Waals surface area contributed by atoms with Gasteiger partial charge in [0.15, 0.2) is 0 Å². The van der Waals surface area contributed by atoms with Gasteiger partial charge in [-0.25, -0.2) is 4.39 Å². The molecule has 0 bridgehead atoms. The molecule has 1 aromatic carbocycles. The minimum Gasteiger partial charge on any atom is -0.383 e. The molecule has 0 saturated heterocycles. The number of hydrogen-bond acceptors (Lipinski definition) is 6. The Morgan fingerprint density at radius 1 is 1.31 bits per heavy atom. The zero-order valence-electron chi connectivity index (χ0n) is 16.1. The van der Waals surface area contributed by atoms with E-state index in [0.29, 0.717) is 25.1 Å². The number of aromatic nitrogens is 3. The van der Waals surface area contributed by atoms with Gasteiger partial charge in [0.2, 0.25) is 11.7 Å². The van der Waals surface area contributed by atoms with Crippen molar-refractivity contribution >= 4 is 5.91 Å². The van der Waals surface area contributed by atoms with Crippen LogP contribution in [0.25, 0.3) is 22.8 Å². The molecule has 8 nitrogen and oxygen atoms in total. The first kappa shape index (κ1) is 20.4. The molecule has 1 N–H and O–H groups in total. The molecule has 0 aliphatic rings. The maximum absolute atomic E-state index is 14.0. The van der Waals surface area contributed by atoms with Crippen molar-refractivity contribution in [3.8, 4) is 22.8 Å². The van der Waals surface area contributed by atoms with Crippen LogP contribution in [0.3, 0.4) is 0 Å². The van der Waals surface area contributed by atoms with Crippen molar-refractivity contribution < 1.29 is 18.4 Å². The molecule has 0 fully saturated rings. The van der Waals surface area contributed by atoms with Crippen LogP contribution in [0, 0.1) is 5.82 Å². The summed E-state index contributed by atoms with van der Waals surface area (Å²) in [5, 5.41) is 6.55. The van der Waals surface area contributed by atoms with Crippen LogP contribution in [-0.4, -0.2) is 40.9 Å². The zero-order valence-corrected chi connectivity index (χ0v) is 16.1. The fourth-order valence-corrected chi connectivity index (χ4v) is 2.87. The van der Waals surface area contributed by atoms with Crippen molar-refractivity contribution in [2.75, 3.05) is 20.3 Å². The average molecular weight is 400 g/mol. The van der Waals surface area contributed by atoms with Gasteiger partial charge in [-0.05, 0) is 24.6 Å². The molecule has 3 rings (SSSR count). The lowest BCUT2D eigenvalue weighted by Crippen LogP contribution is -2.38. The third-order valence-corrected chi connectivity index (χ3v) is 4.36. The second-order valence-corrected chi connectivity index (χ2v) is 6.27. The number of halogens is 1. The van der Waals surface area contributed by atoms with E-state index in [4.69, 9.17) is 9.26 Å². The molecule has 0 spiro atoms. The summed E-state index contributed by atoms with van der Waals surface area (Å²) in [6.45, 7) is 2.52. The Hall–Kier alpha value is -3.33. The molecule has 152 valence electrons. The van der Waals surface area contributed by atoms with Crippen LogP contribution < -0.4 is 10.9 Å². The summed E-state index contributed by atoms with van der Waals surface area (Å²) >= 11 is 0. The quantitative estimate of drug-likeness (QED) is 0.583. The number of carbonyl (C=O) groups is 1. The molecule has 1 atom stereocenters. The SMILES string of the molecule is CC[C@H](C(=O)NCCOC)n1cc(-c2nc(-c3ccccc3F)no2)ccc1=O. The normalized spacial score (nSPS) is 12.0. The first-order chi connectivity index (χ1) is 14.0. The van der Waals surface area contributed by atoms with Gasteiger partial charge in [-0.15, -0.1) is 0 Å². The van der Waals surface area contributed by atoms with Crippen LogP contribution in [-0.2, 0) is 9.53 Å². The molecular formula is C20H21FN4O4. The van der Waals surface area contributed by atoms with Gasteiger partial charge in [0.25, 0.3) is 11.4 Å². The van der Waals surface area contributed by atoms with E-state index in [-0.39, 0.29) is 28.7 Å². The maximum Gasteiger partial charge on any atom is 0.259 e. The van der Waals surface area contributed by atoms with E-state index in [1.54, 1.807) is 18.2 Å². The molecule has 0 aliphatic heterocycles. The van der Waals surface area contributed by atoms with E-state index in [1.807, 2.05) is 6.92 Å². The first-order valence-electron chi connectivity index (χ1n) is 9.13. The van der Waals surface area contributed by atoms with Gasteiger partial charge in [0, 0.05) is 25.9 Å². The monoisotopic (exact) mass is 400 g/mol. The zero-order chi connectivity index (χ0) is 20.8. The summed E-state index contributed by atoms with van der Waals surface area (Å²) in [6, 6.07) is 8.23. The van der Waals surface area contributed by atoms with Crippen LogP contribution in [0.15, 0.2) is 51.9 Å². The van der Waals surface area contributed by atoms with E-state index >= 15 is 0 Å². The van der Waals surface area contributed by atoms with Crippen molar-refractivity contribution in [2.24, 2.45) is 0 Å². The maximum atomic E-state index is 14.0. The molecule has 0 aliphatic carbocycles. The largest absolute Gasteiger partial charge is 0.383 e. The van der Waals surface area contributed by atoms with Crippen molar-refractivity contribution in [2.45, 2.75) is 19.4 Å². The Morgan fingerprint density at radius 2 is 2.10 bits per heavy atom. The highest BCUT2D eigenvalue weighted by atomic mass is 19.1. The molecule has 29 heavy (non-hydrogen) atoms. The van der Waals surface area contributed by atoms with Crippen LogP contribution in [0.1, 0.15) is 19.4 Å². The van der Waals surface area contributed by atoms with Crippen LogP contribution in [0.2, 0.25) is 0 Å². The molecule has 1 amide bonds. The van der Waals surface area contributed by atoms with Gasteiger partial charge in [-0.1, -0.05) is 24.2 Å². The van der Waals surface area contributed by atoms with Gasteiger partial charge in [-0.3, -0.25) is 9.59 Å². The van der Waals surface area contributed by atoms with Crippen molar-refractivity contribution in [1.82, 2.24) is 20.0 Å². The Labute approximate surface area is 166 Å². The minimum absolute atomic E-state index is 0.0974. The number of pyridine rings is 1. The first-order valence-corrected chi connectivity index (χ1v) is 9.13. The van der Waals surface area contributed by atoms with Crippen molar-refractivity contribution in [3.05, 3.63) is 58.8 Å². The van der Waals surface area contributed by atoms with Crippen molar-refractivity contribution in [1.29, 1.82) is 0 Å². The van der Waals surface area contributed by atoms with E-state index in [0.717, 1.165) is 0 Å². The third kappa shape index (κ3) is 4.57. The summed E-state index contributed by atoms with van der Waals surface area (Å²) in [4.78, 5) is 29.0. The fraction of sp³-hybridized carbons (Fsp3) is 0.300. The number of nitrogens with zero attached hydrogens (tertiary/aromatic N) is 3. The summed E-state index contributed by atoms with van der Waals surface area (Å²) in [6.07, 6.45) is 1.90. The Kier molecular flexibility index (Phi) is 6.50. The number of carbonyl (C=O) groups excluding carboxylic acids is 1. The van der Waals surface area contributed by atoms with Crippen molar-refractivity contribution in [3.63, 3.8) is 0 Å². The van der Waals surface area contributed by atoms with Gasteiger partial charge in [0.05, 0.1) is 17.7 Å². The van der Waals surface area contributed by atoms with Gasteiger partial charge < -0.3 is 19.1 Å². The van der Waals surface area contributed by atoms with Gasteiger partial charge in [-0.2, -0.15) is 4.98 Å². The smallest absolute Gasteiger partial charge is 0.259 e. The lowest BCUT2D eigenvalue weighted by Gasteiger charge is -2.18. The summed E-state index contributed by atoms with van der Waals surface area (Å²) in [5.74, 6) is -0.545. The second kappa shape index (κ2) is 9.24. The molecule has 9 heteroatoms. The fourth-order valence-electron chi connectivity index (χ4n) is 2.87. The Balaban J connectivity index is 1.90. The number of amides is 1. The Morgan fingerprint density at radius 3 is 2.83 bits per heavy atom. The van der Waals surface area contributed by atoms with Crippen LogP contribution in [0.5, 0.6) is 0 Å². The molecule has 3 aromatic rings. The van der Waals surface area contributed by atoms with E-state index in [2.05, 4.69) is 15.5 Å². The number of rotatable bonds is 8. The number of ether oxygens (including phenoxy) is 1. The highest BCUT2D eigenvalue weighted by molar-refractivity contribution is 5.80. The van der Waals surface area contributed by atoms with E-state index in [1.165, 1.54) is 36.1 Å². The summed E-state index contributed by atoms with van der Waals surface area (Å²) < 4.78 is 25.4. The number of benzene rings is 1. The Bertz CT molecular complexity index is 1050. The van der Waals surface area contributed by atoms with Gasteiger partial charge in [0.1, 0.15) is 11.9 Å². The molecule has 2 heterocycles.